The van der Waals surface area contributed by atoms with Gasteiger partial charge in [0.25, 0.3) is 0 Å². The molecule has 0 aliphatic heterocycles. The standard InChI is InChI=1S/C20H28N6O3S/c1-4-26-12(11-27)10-16(24-26)30(21,29)25-19(28)23-17-13-6-5-7-15(13)22-18-14(17)8-9-20(18,2)3/h10,27H,4-9,11H2,1-3H3,(H3,21,22,23,25,28,29)/t30-/m1/s1. The Labute approximate surface area is 176 Å². The van der Waals surface area contributed by atoms with Gasteiger partial charge in [-0.1, -0.05) is 13.8 Å². The smallest absolute Gasteiger partial charge is 0.354 e. The monoisotopic (exact) mass is 432 g/mol. The van der Waals surface area contributed by atoms with E-state index in [9.17, 15) is 14.1 Å². The van der Waals surface area contributed by atoms with E-state index in [1.807, 2.05) is 6.92 Å². The third-order valence-electron chi connectivity index (χ3n) is 6.02. The highest BCUT2D eigenvalue weighted by atomic mass is 32.2. The number of hydrogen-bond donors (Lipinski definition) is 3. The van der Waals surface area contributed by atoms with Crippen molar-refractivity contribution in [3.8, 4) is 0 Å². The number of rotatable bonds is 4. The van der Waals surface area contributed by atoms with Gasteiger partial charge in [-0.3, -0.25) is 9.67 Å². The van der Waals surface area contributed by atoms with Crippen LogP contribution in [0.5, 0.6) is 0 Å². The molecule has 9 nitrogen and oxygen atoms in total. The number of fused-ring (bicyclic) bond motifs is 2. The van der Waals surface area contributed by atoms with E-state index in [0.717, 1.165) is 60.3 Å². The molecule has 30 heavy (non-hydrogen) atoms. The van der Waals surface area contributed by atoms with Gasteiger partial charge in [-0.2, -0.15) is 5.10 Å². The van der Waals surface area contributed by atoms with Crippen LogP contribution in [0, 0.1) is 0 Å². The summed E-state index contributed by atoms with van der Waals surface area (Å²) in [5.74, 6) is 0. The number of aliphatic hydroxyl groups is 1. The Kier molecular flexibility index (Phi) is 5.19. The van der Waals surface area contributed by atoms with Crippen LogP contribution in [0.1, 0.15) is 61.8 Å². The van der Waals surface area contributed by atoms with Gasteiger partial charge >= 0.3 is 6.03 Å². The molecule has 0 unspecified atom stereocenters. The molecule has 162 valence electrons. The average Bonchev–Trinajstić information content (AvgIpc) is 3.38. The summed E-state index contributed by atoms with van der Waals surface area (Å²) in [6.07, 6.45) is 4.54. The molecular weight excluding hydrogens is 404 g/mol. The van der Waals surface area contributed by atoms with Gasteiger partial charge in [0.05, 0.1) is 23.7 Å². The van der Waals surface area contributed by atoms with Gasteiger partial charge in [0.1, 0.15) is 0 Å². The van der Waals surface area contributed by atoms with E-state index in [4.69, 9.17) is 10.1 Å². The van der Waals surface area contributed by atoms with E-state index >= 15 is 0 Å². The fourth-order valence-electron chi connectivity index (χ4n) is 4.41. The SMILES string of the molecule is CCn1nc([S@](N)(=O)=NC(=O)Nc2c3c(nc4c2CCC4(C)C)CCC3)cc1CO. The lowest BCUT2D eigenvalue weighted by Gasteiger charge is -2.20. The minimum atomic E-state index is -3.55. The van der Waals surface area contributed by atoms with Crippen molar-refractivity contribution in [2.75, 3.05) is 5.32 Å². The second-order valence-electron chi connectivity index (χ2n) is 8.51. The minimum Gasteiger partial charge on any atom is -0.390 e. The first-order valence-corrected chi connectivity index (χ1v) is 11.8. The zero-order valence-corrected chi connectivity index (χ0v) is 18.4. The first-order valence-electron chi connectivity index (χ1n) is 10.2. The zero-order chi connectivity index (χ0) is 21.7. The molecule has 4 N–H and O–H groups in total. The number of carbonyl (C=O) groups excluding carboxylic acids is 1. The molecule has 0 radical (unpaired) electrons. The highest BCUT2D eigenvalue weighted by Crippen LogP contribution is 2.44. The van der Waals surface area contributed by atoms with Crippen molar-refractivity contribution >= 4 is 21.6 Å². The summed E-state index contributed by atoms with van der Waals surface area (Å²) in [7, 11) is -3.55. The predicted molar refractivity (Wildman–Crippen MR) is 113 cm³/mol. The Bertz CT molecular complexity index is 1120. The number of nitrogens with zero attached hydrogens (tertiary/aromatic N) is 4. The number of amides is 2. The van der Waals surface area contributed by atoms with Crippen LogP contribution in [0.2, 0.25) is 0 Å². The van der Waals surface area contributed by atoms with Gasteiger partial charge in [-0.05, 0) is 50.2 Å². The van der Waals surface area contributed by atoms with Gasteiger partial charge in [0, 0.05) is 23.7 Å². The van der Waals surface area contributed by atoms with Crippen molar-refractivity contribution in [3.05, 3.63) is 34.3 Å². The summed E-state index contributed by atoms with van der Waals surface area (Å²) < 4.78 is 18.2. The zero-order valence-electron chi connectivity index (χ0n) is 17.6. The van der Waals surface area contributed by atoms with Crippen molar-refractivity contribution < 1.29 is 14.1 Å². The molecule has 0 saturated carbocycles. The van der Waals surface area contributed by atoms with E-state index in [0.29, 0.717) is 12.2 Å². The Morgan fingerprint density at radius 1 is 1.37 bits per heavy atom. The van der Waals surface area contributed by atoms with Crippen LogP contribution in [0.15, 0.2) is 15.5 Å². The normalized spacial score (nSPS) is 18.6. The summed E-state index contributed by atoms with van der Waals surface area (Å²) in [5, 5.41) is 22.3. The molecule has 4 rings (SSSR count). The van der Waals surface area contributed by atoms with Crippen LogP contribution in [0.3, 0.4) is 0 Å². The summed E-state index contributed by atoms with van der Waals surface area (Å²) in [6.45, 7) is 6.37. The topological polar surface area (TPSA) is 135 Å². The number of nitrogens with two attached hydrogens (primary N) is 1. The Balaban J connectivity index is 1.70. The van der Waals surface area contributed by atoms with Crippen molar-refractivity contribution in [1.29, 1.82) is 0 Å². The molecule has 0 saturated heterocycles. The lowest BCUT2D eigenvalue weighted by atomic mass is 9.90. The Morgan fingerprint density at radius 3 is 2.80 bits per heavy atom. The first kappa shape index (κ1) is 21.0. The van der Waals surface area contributed by atoms with E-state index < -0.39 is 15.9 Å². The maximum absolute atomic E-state index is 12.9. The van der Waals surface area contributed by atoms with Gasteiger partial charge in [-0.15, -0.1) is 4.36 Å². The Hall–Kier alpha value is -2.30. The molecular formula is C20H28N6O3S. The molecule has 0 bridgehead atoms. The number of hydrogen-bond acceptors (Lipinski definition) is 5. The third kappa shape index (κ3) is 3.52. The van der Waals surface area contributed by atoms with E-state index in [1.165, 1.54) is 10.7 Å². The number of aryl methyl sites for hydroxylation is 2. The molecule has 0 aromatic carbocycles. The number of aliphatic hydroxyl groups excluding tert-OH is 1. The lowest BCUT2D eigenvalue weighted by molar-refractivity contribution is 0.260. The molecule has 10 heteroatoms. The van der Waals surface area contributed by atoms with E-state index in [1.54, 1.807) is 0 Å². The van der Waals surface area contributed by atoms with Crippen LogP contribution < -0.4 is 10.5 Å². The first-order chi connectivity index (χ1) is 14.2. The number of nitrogens with one attached hydrogen (secondary N) is 1. The maximum atomic E-state index is 12.9. The molecule has 2 amide bonds. The Morgan fingerprint density at radius 2 is 2.13 bits per heavy atom. The van der Waals surface area contributed by atoms with Crippen LogP contribution in [0.4, 0.5) is 10.5 Å². The molecule has 0 spiro atoms. The molecule has 2 aromatic rings. The number of carbonyl (C=O) groups is 1. The highest BCUT2D eigenvalue weighted by molar-refractivity contribution is 7.91. The van der Waals surface area contributed by atoms with Crippen molar-refractivity contribution in [2.45, 2.75) is 76.5 Å². The minimum absolute atomic E-state index is 0.0186. The number of urea groups is 1. The third-order valence-corrected chi connectivity index (χ3v) is 7.25. The van der Waals surface area contributed by atoms with Crippen molar-refractivity contribution in [1.82, 2.24) is 14.8 Å². The summed E-state index contributed by atoms with van der Waals surface area (Å²) in [6, 6.07) is 0.666. The fraction of sp³-hybridized carbons (Fsp3) is 0.550. The van der Waals surface area contributed by atoms with Gasteiger partial charge in [0.2, 0.25) is 0 Å². The number of pyridine rings is 1. The van der Waals surface area contributed by atoms with E-state index in [2.05, 4.69) is 28.6 Å². The van der Waals surface area contributed by atoms with Crippen LogP contribution in [-0.4, -0.2) is 30.1 Å². The largest absolute Gasteiger partial charge is 0.390 e. The predicted octanol–water partition coefficient (Wildman–Crippen LogP) is 2.44. The second-order valence-corrected chi connectivity index (χ2v) is 10.3. The summed E-state index contributed by atoms with van der Waals surface area (Å²) >= 11 is 0. The quantitative estimate of drug-likeness (QED) is 0.682. The van der Waals surface area contributed by atoms with Crippen LogP contribution in [-0.2, 0) is 47.7 Å². The number of aromatic nitrogens is 3. The van der Waals surface area contributed by atoms with Crippen LogP contribution in [0.25, 0.3) is 0 Å². The average molecular weight is 433 g/mol. The van der Waals surface area contributed by atoms with Gasteiger partial charge < -0.3 is 10.4 Å². The van der Waals surface area contributed by atoms with Crippen molar-refractivity contribution in [2.24, 2.45) is 9.50 Å². The van der Waals surface area contributed by atoms with Crippen LogP contribution >= 0.6 is 0 Å². The highest BCUT2D eigenvalue weighted by Gasteiger charge is 2.36. The lowest BCUT2D eigenvalue weighted by Crippen LogP contribution is -2.20. The van der Waals surface area contributed by atoms with Crippen molar-refractivity contribution in [3.63, 3.8) is 0 Å². The molecule has 2 aliphatic rings. The summed E-state index contributed by atoms with van der Waals surface area (Å²) in [5.41, 5.74) is 5.34. The van der Waals surface area contributed by atoms with Gasteiger partial charge in [-0.25, -0.2) is 14.1 Å². The maximum Gasteiger partial charge on any atom is 0.354 e. The van der Waals surface area contributed by atoms with E-state index in [-0.39, 0.29) is 17.0 Å². The summed E-state index contributed by atoms with van der Waals surface area (Å²) in [4.78, 5) is 17.7. The molecule has 2 aliphatic carbocycles. The fourth-order valence-corrected chi connectivity index (χ4v) is 5.31. The second kappa shape index (κ2) is 7.44. The van der Waals surface area contributed by atoms with Gasteiger partial charge in [0.15, 0.2) is 14.9 Å². The number of anilines is 1. The molecule has 0 fully saturated rings. The molecule has 2 aromatic heterocycles. The molecule has 2 heterocycles. The molecule has 1 atom stereocenters.